The Morgan fingerprint density at radius 2 is 1.79 bits per heavy atom. The van der Waals surface area contributed by atoms with Crippen molar-refractivity contribution in [2.75, 3.05) is 11.4 Å². The summed E-state index contributed by atoms with van der Waals surface area (Å²) in [5.41, 5.74) is 7.08. The third-order valence-electron chi connectivity index (χ3n) is 6.38. The van der Waals surface area contributed by atoms with Gasteiger partial charge in [0.2, 0.25) is 0 Å². The van der Waals surface area contributed by atoms with Gasteiger partial charge >= 0.3 is 0 Å². The molecular weight excluding hydrogens is 414 g/mol. The number of fused-ring (bicyclic) bond motifs is 4. The lowest BCUT2D eigenvalue weighted by atomic mass is 9.62. The summed E-state index contributed by atoms with van der Waals surface area (Å²) >= 11 is 3.73. The zero-order valence-electron chi connectivity index (χ0n) is 16.1. The highest BCUT2D eigenvalue weighted by Crippen LogP contribution is 2.56. The second-order valence-electron chi connectivity index (χ2n) is 8.05. The van der Waals surface area contributed by atoms with Gasteiger partial charge < -0.3 is 4.90 Å². The molecule has 2 aromatic carbocycles. The monoisotopic (exact) mass is 437 g/mol. The SMILES string of the molecule is Cc1ccc2c(c1)C1(CCCCC1)c1cc(Br)ccc1N2CCc1nn[nH]n1. The number of aromatic amines is 1. The normalized spacial score (nSPS) is 17.4. The van der Waals surface area contributed by atoms with Gasteiger partial charge in [-0.2, -0.15) is 5.21 Å². The Kier molecular flexibility index (Phi) is 4.46. The van der Waals surface area contributed by atoms with Crippen LogP contribution in [0.2, 0.25) is 0 Å². The summed E-state index contributed by atoms with van der Waals surface area (Å²) in [6, 6.07) is 13.8. The number of hydrogen-bond acceptors (Lipinski definition) is 4. The van der Waals surface area contributed by atoms with Gasteiger partial charge in [-0.25, -0.2) is 0 Å². The highest BCUT2D eigenvalue weighted by Gasteiger charge is 2.43. The molecule has 0 unspecified atom stereocenters. The molecule has 5 rings (SSSR count). The molecule has 0 radical (unpaired) electrons. The van der Waals surface area contributed by atoms with Crippen molar-refractivity contribution in [3.63, 3.8) is 0 Å². The fourth-order valence-corrected chi connectivity index (χ4v) is 5.47. The van der Waals surface area contributed by atoms with Crippen molar-refractivity contribution in [1.82, 2.24) is 20.6 Å². The van der Waals surface area contributed by atoms with Crippen molar-refractivity contribution < 1.29 is 0 Å². The van der Waals surface area contributed by atoms with Gasteiger partial charge in [0.05, 0.1) is 0 Å². The first-order valence-corrected chi connectivity index (χ1v) is 10.9. The third-order valence-corrected chi connectivity index (χ3v) is 6.87. The minimum absolute atomic E-state index is 0.126. The van der Waals surface area contributed by atoms with Crippen LogP contribution in [-0.4, -0.2) is 27.2 Å². The van der Waals surface area contributed by atoms with Crippen molar-refractivity contribution in [3.05, 3.63) is 63.4 Å². The molecular formula is C22H24BrN5. The van der Waals surface area contributed by atoms with Crippen LogP contribution in [-0.2, 0) is 11.8 Å². The van der Waals surface area contributed by atoms with E-state index < -0.39 is 0 Å². The van der Waals surface area contributed by atoms with E-state index in [9.17, 15) is 0 Å². The zero-order valence-corrected chi connectivity index (χ0v) is 17.7. The fraction of sp³-hybridized carbons (Fsp3) is 0.409. The summed E-state index contributed by atoms with van der Waals surface area (Å²) < 4.78 is 1.16. The van der Waals surface area contributed by atoms with Gasteiger partial charge in [0.25, 0.3) is 0 Å². The van der Waals surface area contributed by atoms with Crippen molar-refractivity contribution in [2.24, 2.45) is 0 Å². The molecule has 2 heterocycles. The first-order chi connectivity index (χ1) is 13.7. The quantitative estimate of drug-likeness (QED) is 0.610. The van der Waals surface area contributed by atoms with Gasteiger partial charge in [-0.05, 0) is 55.2 Å². The highest BCUT2D eigenvalue weighted by atomic mass is 79.9. The maximum Gasteiger partial charge on any atom is 0.176 e. The van der Waals surface area contributed by atoms with E-state index in [2.05, 4.69) is 84.8 Å². The number of benzene rings is 2. The van der Waals surface area contributed by atoms with Crippen LogP contribution in [0.15, 0.2) is 40.9 Å². The Hall–Kier alpha value is -2.21. The second-order valence-corrected chi connectivity index (χ2v) is 8.97. The number of rotatable bonds is 3. The molecule has 0 atom stereocenters. The number of tetrazole rings is 1. The number of halogens is 1. The number of anilines is 2. The summed E-state index contributed by atoms with van der Waals surface area (Å²) in [7, 11) is 0. The van der Waals surface area contributed by atoms with Crippen LogP contribution in [0.4, 0.5) is 11.4 Å². The van der Waals surface area contributed by atoms with E-state index in [1.165, 1.54) is 60.2 Å². The molecule has 1 fully saturated rings. The minimum atomic E-state index is 0.126. The number of aromatic nitrogens is 4. The van der Waals surface area contributed by atoms with E-state index in [0.717, 1.165) is 23.3 Å². The van der Waals surface area contributed by atoms with Crippen LogP contribution in [0.3, 0.4) is 0 Å². The maximum absolute atomic E-state index is 4.14. The Labute approximate surface area is 173 Å². The molecule has 144 valence electrons. The van der Waals surface area contributed by atoms with Crippen molar-refractivity contribution >= 4 is 27.3 Å². The van der Waals surface area contributed by atoms with Gasteiger partial charge in [-0.1, -0.05) is 58.1 Å². The summed E-state index contributed by atoms with van der Waals surface area (Å²) in [5, 5.41) is 14.6. The van der Waals surface area contributed by atoms with Crippen LogP contribution in [0.5, 0.6) is 0 Å². The van der Waals surface area contributed by atoms with E-state index in [1.54, 1.807) is 0 Å². The van der Waals surface area contributed by atoms with Gasteiger partial charge in [0.1, 0.15) is 0 Å². The zero-order chi connectivity index (χ0) is 19.1. The molecule has 1 aliphatic heterocycles. The molecule has 3 aromatic rings. The predicted molar refractivity (Wildman–Crippen MR) is 114 cm³/mol. The molecule has 1 N–H and O–H groups in total. The third kappa shape index (κ3) is 2.85. The van der Waals surface area contributed by atoms with Crippen LogP contribution >= 0.6 is 15.9 Å². The van der Waals surface area contributed by atoms with E-state index in [0.29, 0.717) is 0 Å². The largest absolute Gasteiger partial charge is 0.341 e. The highest BCUT2D eigenvalue weighted by molar-refractivity contribution is 9.10. The Bertz CT molecular complexity index is 937. The minimum Gasteiger partial charge on any atom is -0.341 e. The smallest absolute Gasteiger partial charge is 0.176 e. The average molecular weight is 438 g/mol. The Morgan fingerprint density at radius 3 is 2.54 bits per heavy atom. The molecule has 0 amide bonds. The topological polar surface area (TPSA) is 57.7 Å². The molecule has 2 aliphatic rings. The second kappa shape index (κ2) is 6.99. The molecule has 1 aliphatic carbocycles. The van der Waals surface area contributed by atoms with E-state index in [4.69, 9.17) is 0 Å². The molecule has 28 heavy (non-hydrogen) atoms. The molecule has 5 nitrogen and oxygen atoms in total. The number of nitrogens with one attached hydrogen (secondary N) is 1. The van der Waals surface area contributed by atoms with Crippen LogP contribution in [0, 0.1) is 6.92 Å². The van der Waals surface area contributed by atoms with Crippen LogP contribution < -0.4 is 4.90 Å². The summed E-state index contributed by atoms with van der Waals surface area (Å²) in [6.07, 6.45) is 7.14. The van der Waals surface area contributed by atoms with E-state index >= 15 is 0 Å². The molecule has 0 saturated heterocycles. The lowest BCUT2D eigenvalue weighted by molar-refractivity contribution is 0.343. The Morgan fingerprint density at radius 1 is 1.04 bits per heavy atom. The first kappa shape index (κ1) is 17.9. The Balaban J connectivity index is 1.67. The lowest BCUT2D eigenvalue weighted by Crippen LogP contribution is -2.39. The van der Waals surface area contributed by atoms with Crippen molar-refractivity contribution in [1.29, 1.82) is 0 Å². The van der Waals surface area contributed by atoms with Gasteiger partial charge in [-0.3, -0.25) is 0 Å². The lowest BCUT2D eigenvalue weighted by Gasteiger charge is -2.48. The molecule has 1 aromatic heterocycles. The molecule has 1 spiro atoms. The average Bonchev–Trinajstić information content (AvgIpc) is 3.23. The van der Waals surface area contributed by atoms with Gasteiger partial charge in [0.15, 0.2) is 5.82 Å². The number of nitrogens with zero attached hydrogens (tertiary/aromatic N) is 4. The number of hydrogen-bond donors (Lipinski definition) is 1. The number of H-pyrrole nitrogens is 1. The predicted octanol–water partition coefficient (Wildman–Crippen LogP) is 5.22. The summed E-state index contributed by atoms with van der Waals surface area (Å²) in [5.74, 6) is 0.755. The van der Waals surface area contributed by atoms with Gasteiger partial charge in [-0.15, -0.1) is 10.2 Å². The van der Waals surface area contributed by atoms with Crippen LogP contribution in [0.1, 0.15) is 54.6 Å². The first-order valence-electron chi connectivity index (χ1n) is 10.1. The van der Waals surface area contributed by atoms with Crippen molar-refractivity contribution in [2.45, 2.75) is 50.9 Å². The summed E-state index contributed by atoms with van der Waals surface area (Å²) in [4.78, 5) is 2.45. The van der Waals surface area contributed by atoms with Crippen LogP contribution in [0.25, 0.3) is 0 Å². The number of aryl methyl sites for hydroxylation is 1. The van der Waals surface area contributed by atoms with Gasteiger partial charge in [0, 0.05) is 34.2 Å². The fourth-order valence-electron chi connectivity index (χ4n) is 5.11. The van der Waals surface area contributed by atoms with E-state index in [-0.39, 0.29) is 5.41 Å². The standard InChI is InChI=1S/C22H24BrN5/c1-15-5-7-19-17(13-15)22(10-3-2-4-11-22)18-14-16(23)6-8-20(18)28(19)12-9-21-24-26-27-25-21/h5-8,13-14H,2-4,9-12H2,1H3,(H,24,25,26,27). The van der Waals surface area contributed by atoms with E-state index in [1.807, 2.05) is 0 Å². The van der Waals surface area contributed by atoms with Crippen molar-refractivity contribution in [3.8, 4) is 0 Å². The summed E-state index contributed by atoms with van der Waals surface area (Å²) in [6.45, 7) is 3.04. The molecule has 6 heteroatoms. The maximum atomic E-state index is 4.14. The molecule has 0 bridgehead atoms. The molecule has 1 saturated carbocycles.